The lowest BCUT2D eigenvalue weighted by Gasteiger charge is -2.53. The Morgan fingerprint density at radius 2 is 1.68 bits per heavy atom. The van der Waals surface area contributed by atoms with Gasteiger partial charge in [-0.25, -0.2) is 4.79 Å². The summed E-state index contributed by atoms with van der Waals surface area (Å²) < 4.78 is 10.7. The van der Waals surface area contributed by atoms with Crippen LogP contribution in [0.3, 0.4) is 0 Å². The molecule has 1 saturated carbocycles. The summed E-state index contributed by atoms with van der Waals surface area (Å²) in [6.45, 7) is 3.81. The zero-order valence-corrected chi connectivity index (χ0v) is 19.4. The summed E-state index contributed by atoms with van der Waals surface area (Å²) in [6, 6.07) is 11.9. The van der Waals surface area contributed by atoms with E-state index in [1.807, 2.05) is 19.9 Å². The summed E-state index contributed by atoms with van der Waals surface area (Å²) in [5.74, 6) is 0.191. The van der Waals surface area contributed by atoms with E-state index in [4.69, 9.17) is 44.3 Å². The first-order valence-electron chi connectivity index (χ1n) is 9.64. The fourth-order valence-corrected chi connectivity index (χ4v) is 4.49. The SMILES string of the molecule is CC1(NC(=O)COc2ccc(Cl)c(Cl)c2)CC(C)(NC(=O)OCc2cccc(Cl)c2)C1. The van der Waals surface area contributed by atoms with Crippen molar-refractivity contribution in [2.24, 2.45) is 0 Å². The van der Waals surface area contributed by atoms with Crippen LogP contribution < -0.4 is 15.4 Å². The number of ether oxygens (including phenoxy) is 2. The van der Waals surface area contributed by atoms with Crippen LogP contribution >= 0.6 is 34.8 Å². The number of amides is 2. The number of hydrogen-bond donors (Lipinski definition) is 2. The van der Waals surface area contributed by atoms with Crippen molar-refractivity contribution in [2.45, 2.75) is 44.4 Å². The topological polar surface area (TPSA) is 76.7 Å². The number of carbonyl (C=O) groups excluding carboxylic acids is 2. The van der Waals surface area contributed by atoms with Crippen LogP contribution in [0.5, 0.6) is 5.75 Å². The molecule has 0 saturated heterocycles. The number of rotatable bonds is 7. The Bertz CT molecular complexity index is 977. The van der Waals surface area contributed by atoms with Gasteiger partial charge in [-0.15, -0.1) is 0 Å². The Morgan fingerprint density at radius 3 is 2.35 bits per heavy atom. The zero-order valence-electron chi connectivity index (χ0n) is 17.1. The highest BCUT2D eigenvalue weighted by Crippen LogP contribution is 2.41. The van der Waals surface area contributed by atoms with Gasteiger partial charge in [0.2, 0.25) is 0 Å². The molecule has 0 aromatic heterocycles. The van der Waals surface area contributed by atoms with Gasteiger partial charge >= 0.3 is 6.09 Å². The summed E-state index contributed by atoms with van der Waals surface area (Å²) in [5.41, 5.74) is -0.120. The van der Waals surface area contributed by atoms with E-state index < -0.39 is 17.2 Å². The maximum absolute atomic E-state index is 12.3. The fraction of sp³-hybridized carbons (Fsp3) is 0.364. The number of nitrogens with one attached hydrogen (secondary N) is 2. The van der Waals surface area contributed by atoms with Crippen LogP contribution in [0.2, 0.25) is 15.1 Å². The molecule has 0 bridgehead atoms. The molecule has 0 unspecified atom stereocenters. The molecule has 1 aliphatic rings. The average molecular weight is 486 g/mol. The summed E-state index contributed by atoms with van der Waals surface area (Å²) in [4.78, 5) is 24.4. The third-order valence-corrected chi connectivity index (χ3v) is 5.90. The number of hydrogen-bond acceptors (Lipinski definition) is 4. The minimum absolute atomic E-state index is 0.128. The van der Waals surface area contributed by atoms with Crippen molar-refractivity contribution in [1.29, 1.82) is 0 Å². The Morgan fingerprint density at radius 1 is 0.968 bits per heavy atom. The minimum Gasteiger partial charge on any atom is -0.484 e. The zero-order chi connectivity index (χ0) is 22.6. The van der Waals surface area contributed by atoms with Crippen molar-refractivity contribution in [3.63, 3.8) is 0 Å². The highest BCUT2D eigenvalue weighted by molar-refractivity contribution is 6.42. The van der Waals surface area contributed by atoms with Gasteiger partial charge < -0.3 is 20.1 Å². The van der Waals surface area contributed by atoms with E-state index >= 15 is 0 Å². The van der Waals surface area contributed by atoms with E-state index in [1.54, 1.807) is 36.4 Å². The van der Waals surface area contributed by atoms with E-state index in [2.05, 4.69) is 10.6 Å². The molecule has 9 heteroatoms. The van der Waals surface area contributed by atoms with Crippen molar-refractivity contribution in [1.82, 2.24) is 10.6 Å². The van der Waals surface area contributed by atoms with Gasteiger partial charge in [0.1, 0.15) is 12.4 Å². The van der Waals surface area contributed by atoms with E-state index in [9.17, 15) is 9.59 Å². The van der Waals surface area contributed by atoms with Crippen LogP contribution in [-0.2, 0) is 16.1 Å². The van der Waals surface area contributed by atoms with Crippen molar-refractivity contribution in [2.75, 3.05) is 6.61 Å². The molecule has 2 N–H and O–H groups in total. The first kappa shape index (κ1) is 23.5. The molecular weight excluding hydrogens is 463 g/mol. The first-order chi connectivity index (χ1) is 14.6. The molecular formula is C22H23Cl3N2O4. The second-order valence-electron chi connectivity index (χ2n) is 8.22. The number of carbonyl (C=O) groups is 2. The normalized spacial score (nSPS) is 22.2. The second-order valence-corrected chi connectivity index (χ2v) is 9.47. The standard InChI is InChI=1S/C22H23Cl3N2O4/c1-21(26-19(28)11-30-16-6-7-17(24)18(25)9-16)12-22(2,13-21)27-20(29)31-10-14-4-3-5-15(23)8-14/h3-9H,10-13H2,1-2H3,(H,26,28)(H,27,29). The summed E-state index contributed by atoms with van der Waals surface area (Å²) in [6.07, 6.45) is 0.606. The van der Waals surface area contributed by atoms with Gasteiger partial charge in [-0.05, 0) is 56.5 Å². The molecule has 1 fully saturated rings. The molecule has 2 amide bonds. The molecule has 166 valence electrons. The Hall–Kier alpha value is -2.15. The van der Waals surface area contributed by atoms with Crippen LogP contribution in [0.1, 0.15) is 32.3 Å². The highest BCUT2D eigenvalue weighted by Gasteiger charge is 2.50. The van der Waals surface area contributed by atoms with Crippen molar-refractivity contribution in [3.8, 4) is 5.75 Å². The van der Waals surface area contributed by atoms with Crippen LogP contribution in [0.15, 0.2) is 42.5 Å². The van der Waals surface area contributed by atoms with Gasteiger partial charge in [0.15, 0.2) is 6.61 Å². The molecule has 0 atom stereocenters. The number of alkyl carbamates (subject to hydrolysis) is 1. The van der Waals surface area contributed by atoms with Crippen molar-refractivity contribution >= 4 is 46.8 Å². The molecule has 2 aromatic rings. The lowest BCUT2D eigenvalue weighted by Crippen LogP contribution is -2.68. The Kier molecular flexibility index (Phi) is 7.24. The van der Waals surface area contributed by atoms with Crippen molar-refractivity contribution < 1.29 is 19.1 Å². The molecule has 3 rings (SSSR count). The predicted octanol–water partition coefficient (Wildman–Crippen LogP) is 5.38. The molecule has 0 aliphatic heterocycles. The average Bonchev–Trinajstić information content (AvgIpc) is 2.66. The van der Waals surface area contributed by atoms with E-state index in [0.29, 0.717) is 33.7 Å². The maximum atomic E-state index is 12.3. The fourth-order valence-electron chi connectivity index (χ4n) is 3.99. The molecule has 31 heavy (non-hydrogen) atoms. The monoisotopic (exact) mass is 484 g/mol. The largest absolute Gasteiger partial charge is 0.484 e. The van der Waals surface area contributed by atoms with Crippen LogP contribution in [-0.4, -0.2) is 29.7 Å². The summed E-state index contributed by atoms with van der Waals surface area (Å²) in [7, 11) is 0. The smallest absolute Gasteiger partial charge is 0.407 e. The number of benzene rings is 2. The quantitative estimate of drug-likeness (QED) is 0.552. The third-order valence-electron chi connectivity index (χ3n) is 4.93. The summed E-state index contributed by atoms with van der Waals surface area (Å²) in [5, 5.41) is 7.18. The van der Waals surface area contributed by atoms with Crippen molar-refractivity contribution in [3.05, 3.63) is 63.1 Å². The van der Waals surface area contributed by atoms with Gasteiger partial charge in [-0.2, -0.15) is 0 Å². The molecule has 0 spiro atoms. The van der Waals surface area contributed by atoms with Gasteiger partial charge in [0, 0.05) is 22.2 Å². The van der Waals surface area contributed by atoms with E-state index in [1.165, 1.54) is 0 Å². The molecule has 1 aliphatic carbocycles. The lowest BCUT2D eigenvalue weighted by molar-refractivity contribution is -0.126. The molecule has 0 radical (unpaired) electrons. The third kappa shape index (κ3) is 6.66. The van der Waals surface area contributed by atoms with Crippen LogP contribution in [0.25, 0.3) is 0 Å². The Labute approximate surface area is 196 Å². The van der Waals surface area contributed by atoms with Crippen LogP contribution in [0, 0.1) is 0 Å². The van der Waals surface area contributed by atoms with E-state index in [-0.39, 0.29) is 19.1 Å². The maximum Gasteiger partial charge on any atom is 0.407 e. The Balaban J connectivity index is 1.41. The minimum atomic E-state index is -0.515. The highest BCUT2D eigenvalue weighted by atomic mass is 35.5. The second kappa shape index (κ2) is 9.55. The number of halogens is 3. The van der Waals surface area contributed by atoms with Gasteiger partial charge in [-0.1, -0.05) is 46.9 Å². The lowest BCUT2D eigenvalue weighted by atomic mass is 9.64. The molecule has 0 heterocycles. The van der Waals surface area contributed by atoms with Gasteiger partial charge in [-0.3, -0.25) is 4.79 Å². The molecule has 2 aromatic carbocycles. The molecule has 6 nitrogen and oxygen atoms in total. The van der Waals surface area contributed by atoms with E-state index in [0.717, 1.165) is 5.56 Å². The van der Waals surface area contributed by atoms with Gasteiger partial charge in [0.05, 0.1) is 10.0 Å². The first-order valence-corrected chi connectivity index (χ1v) is 10.8. The van der Waals surface area contributed by atoms with Gasteiger partial charge in [0.25, 0.3) is 5.91 Å². The van der Waals surface area contributed by atoms with Crippen LogP contribution in [0.4, 0.5) is 4.79 Å². The predicted molar refractivity (Wildman–Crippen MR) is 121 cm³/mol. The summed E-state index contributed by atoms with van der Waals surface area (Å²) >= 11 is 17.7.